The summed E-state index contributed by atoms with van der Waals surface area (Å²) in [7, 11) is 0. The first-order chi connectivity index (χ1) is 6.75. The number of anilines is 1. The number of nitrogens with one attached hydrogen (secondary N) is 1. The Kier molecular flexibility index (Phi) is 2.73. The standard InChI is InChI=1S/C12H18N2/c1-9(13)8-14-12-6-5-10-3-2-4-11(10)7-12/h5-7,9,14H,2-4,8,13H2,1H3. The lowest BCUT2D eigenvalue weighted by atomic mass is 10.1. The van der Waals surface area contributed by atoms with Gasteiger partial charge in [-0.1, -0.05) is 6.07 Å². The lowest BCUT2D eigenvalue weighted by Gasteiger charge is -2.10. The number of benzene rings is 1. The fourth-order valence-corrected chi connectivity index (χ4v) is 1.96. The van der Waals surface area contributed by atoms with Crippen molar-refractivity contribution >= 4 is 5.69 Å². The maximum Gasteiger partial charge on any atom is 0.0343 e. The van der Waals surface area contributed by atoms with Crippen molar-refractivity contribution in [2.45, 2.75) is 32.2 Å². The highest BCUT2D eigenvalue weighted by Crippen LogP contribution is 2.24. The minimum atomic E-state index is 0.211. The molecule has 2 heteroatoms. The fraction of sp³-hybridized carbons (Fsp3) is 0.500. The zero-order valence-corrected chi connectivity index (χ0v) is 8.72. The van der Waals surface area contributed by atoms with Crippen LogP contribution in [0.2, 0.25) is 0 Å². The first-order valence-corrected chi connectivity index (χ1v) is 5.37. The largest absolute Gasteiger partial charge is 0.383 e. The van der Waals surface area contributed by atoms with E-state index in [4.69, 9.17) is 5.73 Å². The zero-order chi connectivity index (χ0) is 9.97. The van der Waals surface area contributed by atoms with Gasteiger partial charge in [0.2, 0.25) is 0 Å². The molecular formula is C12H18N2. The first kappa shape index (κ1) is 9.53. The highest BCUT2D eigenvalue weighted by Gasteiger charge is 2.10. The third kappa shape index (κ3) is 2.07. The molecule has 1 atom stereocenters. The Labute approximate surface area is 85.5 Å². The Balaban J connectivity index is 2.05. The van der Waals surface area contributed by atoms with E-state index in [2.05, 4.69) is 23.5 Å². The van der Waals surface area contributed by atoms with Crippen LogP contribution in [0.15, 0.2) is 18.2 Å². The molecule has 0 saturated heterocycles. The van der Waals surface area contributed by atoms with E-state index in [9.17, 15) is 0 Å². The second kappa shape index (κ2) is 4.01. The fourth-order valence-electron chi connectivity index (χ4n) is 1.96. The van der Waals surface area contributed by atoms with Gasteiger partial charge in [-0.25, -0.2) is 0 Å². The van der Waals surface area contributed by atoms with Gasteiger partial charge in [-0.2, -0.15) is 0 Å². The van der Waals surface area contributed by atoms with Crippen LogP contribution in [0.3, 0.4) is 0 Å². The van der Waals surface area contributed by atoms with Crippen LogP contribution in [-0.2, 0) is 12.8 Å². The van der Waals surface area contributed by atoms with Crippen LogP contribution in [-0.4, -0.2) is 12.6 Å². The van der Waals surface area contributed by atoms with E-state index < -0.39 is 0 Å². The first-order valence-electron chi connectivity index (χ1n) is 5.37. The minimum absolute atomic E-state index is 0.211. The van der Waals surface area contributed by atoms with Crippen molar-refractivity contribution in [2.75, 3.05) is 11.9 Å². The Morgan fingerprint density at radius 3 is 2.93 bits per heavy atom. The van der Waals surface area contributed by atoms with Crippen molar-refractivity contribution in [3.63, 3.8) is 0 Å². The molecule has 0 aromatic heterocycles. The predicted octanol–water partition coefficient (Wildman–Crippen LogP) is 1.93. The smallest absolute Gasteiger partial charge is 0.0343 e. The van der Waals surface area contributed by atoms with E-state index in [0.29, 0.717) is 0 Å². The molecule has 0 amide bonds. The molecule has 2 nitrogen and oxygen atoms in total. The topological polar surface area (TPSA) is 38.0 Å². The highest BCUT2D eigenvalue weighted by atomic mass is 14.9. The average Bonchev–Trinajstić information content (AvgIpc) is 2.61. The zero-order valence-electron chi connectivity index (χ0n) is 8.72. The lowest BCUT2D eigenvalue weighted by molar-refractivity contribution is 0.780. The Morgan fingerprint density at radius 1 is 1.36 bits per heavy atom. The average molecular weight is 190 g/mol. The van der Waals surface area contributed by atoms with Gasteiger partial charge < -0.3 is 11.1 Å². The van der Waals surface area contributed by atoms with Crippen LogP contribution >= 0.6 is 0 Å². The summed E-state index contributed by atoms with van der Waals surface area (Å²) in [5, 5.41) is 3.35. The summed E-state index contributed by atoms with van der Waals surface area (Å²) >= 11 is 0. The number of hydrogen-bond acceptors (Lipinski definition) is 2. The molecule has 0 heterocycles. The summed E-state index contributed by atoms with van der Waals surface area (Å²) in [6.45, 7) is 2.86. The molecule has 0 aliphatic heterocycles. The van der Waals surface area contributed by atoms with Crippen LogP contribution < -0.4 is 11.1 Å². The summed E-state index contributed by atoms with van der Waals surface area (Å²) in [6, 6.07) is 6.88. The normalized spacial score (nSPS) is 16.4. The Morgan fingerprint density at radius 2 is 2.14 bits per heavy atom. The van der Waals surface area contributed by atoms with Gasteiger partial charge in [0.25, 0.3) is 0 Å². The molecule has 0 bridgehead atoms. The molecule has 1 aromatic carbocycles. The van der Waals surface area contributed by atoms with Gasteiger partial charge in [-0.3, -0.25) is 0 Å². The molecule has 0 fully saturated rings. The molecule has 3 N–H and O–H groups in total. The van der Waals surface area contributed by atoms with E-state index in [1.54, 1.807) is 0 Å². The number of rotatable bonds is 3. The lowest BCUT2D eigenvalue weighted by Crippen LogP contribution is -2.25. The van der Waals surface area contributed by atoms with Gasteiger partial charge in [0.15, 0.2) is 0 Å². The molecule has 1 aliphatic rings. The van der Waals surface area contributed by atoms with Crippen molar-refractivity contribution in [1.29, 1.82) is 0 Å². The van der Waals surface area contributed by atoms with Crippen molar-refractivity contribution in [2.24, 2.45) is 5.73 Å². The third-order valence-electron chi connectivity index (χ3n) is 2.73. The van der Waals surface area contributed by atoms with Gasteiger partial charge in [0.05, 0.1) is 0 Å². The molecule has 1 aromatic rings. The van der Waals surface area contributed by atoms with E-state index in [0.717, 1.165) is 6.54 Å². The van der Waals surface area contributed by atoms with E-state index >= 15 is 0 Å². The van der Waals surface area contributed by atoms with Gasteiger partial charge >= 0.3 is 0 Å². The van der Waals surface area contributed by atoms with Gasteiger partial charge in [0, 0.05) is 18.3 Å². The van der Waals surface area contributed by atoms with Crippen LogP contribution in [0.1, 0.15) is 24.5 Å². The summed E-state index contributed by atoms with van der Waals surface area (Å²) in [5.41, 5.74) is 9.94. The molecule has 0 saturated carbocycles. The highest BCUT2D eigenvalue weighted by molar-refractivity contribution is 5.50. The van der Waals surface area contributed by atoms with Crippen LogP contribution in [0.25, 0.3) is 0 Å². The molecule has 14 heavy (non-hydrogen) atoms. The summed E-state index contributed by atoms with van der Waals surface area (Å²) in [4.78, 5) is 0. The molecular weight excluding hydrogens is 172 g/mol. The van der Waals surface area contributed by atoms with Crippen molar-refractivity contribution in [3.8, 4) is 0 Å². The van der Waals surface area contributed by atoms with Gasteiger partial charge in [-0.15, -0.1) is 0 Å². The SMILES string of the molecule is CC(N)CNc1ccc2c(c1)CCC2. The number of aryl methyl sites for hydroxylation is 2. The monoisotopic (exact) mass is 190 g/mol. The van der Waals surface area contributed by atoms with E-state index in [1.807, 2.05) is 6.92 Å². The Hall–Kier alpha value is -1.02. The minimum Gasteiger partial charge on any atom is -0.383 e. The third-order valence-corrected chi connectivity index (χ3v) is 2.73. The summed E-state index contributed by atoms with van der Waals surface area (Å²) in [5.74, 6) is 0. The van der Waals surface area contributed by atoms with Gasteiger partial charge in [-0.05, 0) is 49.4 Å². The van der Waals surface area contributed by atoms with Crippen molar-refractivity contribution < 1.29 is 0 Å². The van der Waals surface area contributed by atoms with Crippen LogP contribution in [0.5, 0.6) is 0 Å². The molecule has 2 rings (SSSR count). The maximum atomic E-state index is 5.69. The Bertz CT molecular complexity index is 318. The summed E-state index contributed by atoms with van der Waals surface area (Å²) < 4.78 is 0. The van der Waals surface area contributed by atoms with Crippen molar-refractivity contribution in [1.82, 2.24) is 0 Å². The van der Waals surface area contributed by atoms with Gasteiger partial charge in [0.1, 0.15) is 0 Å². The second-order valence-corrected chi connectivity index (χ2v) is 4.20. The second-order valence-electron chi connectivity index (χ2n) is 4.20. The van der Waals surface area contributed by atoms with E-state index in [1.165, 1.54) is 36.1 Å². The molecule has 76 valence electrons. The number of fused-ring (bicyclic) bond motifs is 1. The van der Waals surface area contributed by atoms with Crippen LogP contribution in [0, 0.1) is 0 Å². The molecule has 0 spiro atoms. The van der Waals surface area contributed by atoms with Crippen LogP contribution in [0.4, 0.5) is 5.69 Å². The maximum absolute atomic E-state index is 5.69. The van der Waals surface area contributed by atoms with Crippen molar-refractivity contribution in [3.05, 3.63) is 29.3 Å². The molecule has 1 aliphatic carbocycles. The quantitative estimate of drug-likeness (QED) is 0.764. The molecule has 1 unspecified atom stereocenters. The summed E-state index contributed by atoms with van der Waals surface area (Å²) in [6.07, 6.45) is 3.80. The molecule has 0 radical (unpaired) electrons. The number of nitrogens with two attached hydrogens (primary N) is 1. The predicted molar refractivity (Wildman–Crippen MR) is 60.6 cm³/mol. The van der Waals surface area contributed by atoms with E-state index in [-0.39, 0.29) is 6.04 Å². The number of hydrogen-bond donors (Lipinski definition) is 2.